The molecule has 0 saturated heterocycles. The normalized spacial score (nSPS) is 13.3. The summed E-state index contributed by atoms with van der Waals surface area (Å²) in [6.45, 7) is 4.19. The number of esters is 1. The standard InChI is InChI=1S/C22H25N3O3S2/c1-3-7-12-10-11-14-17(23)18(30-20(14)24-12)19(26)25-21-16(22(27)28-4-2)13-8-5-6-9-15(13)29-21/h10-11H,3-9,23H2,1-2H3,(H,25,26). The number of nitrogen functional groups attached to an aromatic ring is 1. The fourth-order valence-electron chi connectivity index (χ4n) is 3.83. The number of pyridine rings is 1. The fourth-order valence-corrected chi connectivity index (χ4v) is 6.11. The Balaban J connectivity index is 1.68. The van der Waals surface area contributed by atoms with Crippen molar-refractivity contribution < 1.29 is 14.3 Å². The number of thiophene rings is 2. The quantitative estimate of drug-likeness (QED) is 0.511. The highest BCUT2D eigenvalue weighted by Gasteiger charge is 2.28. The van der Waals surface area contributed by atoms with Crippen molar-refractivity contribution in [3.63, 3.8) is 0 Å². The smallest absolute Gasteiger partial charge is 0.341 e. The minimum Gasteiger partial charge on any atom is -0.462 e. The summed E-state index contributed by atoms with van der Waals surface area (Å²) in [6, 6.07) is 3.90. The fraction of sp³-hybridized carbons (Fsp3) is 0.409. The summed E-state index contributed by atoms with van der Waals surface area (Å²) < 4.78 is 5.27. The molecule has 0 unspecified atom stereocenters. The molecule has 0 spiro atoms. The van der Waals surface area contributed by atoms with Gasteiger partial charge in [-0.25, -0.2) is 9.78 Å². The van der Waals surface area contributed by atoms with E-state index < -0.39 is 0 Å². The average Bonchev–Trinajstić information content (AvgIpc) is 3.25. The highest BCUT2D eigenvalue weighted by Crippen LogP contribution is 2.40. The third kappa shape index (κ3) is 3.81. The highest BCUT2D eigenvalue weighted by molar-refractivity contribution is 7.21. The van der Waals surface area contributed by atoms with Crippen molar-refractivity contribution in [2.75, 3.05) is 17.7 Å². The Hall–Kier alpha value is -2.45. The van der Waals surface area contributed by atoms with E-state index in [2.05, 4.69) is 17.2 Å². The van der Waals surface area contributed by atoms with E-state index in [-0.39, 0.29) is 11.9 Å². The molecular formula is C22H25N3O3S2. The molecule has 0 radical (unpaired) electrons. The number of aromatic nitrogens is 1. The van der Waals surface area contributed by atoms with Crippen LogP contribution in [0.3, 0.4) is 0 Å². The van der Waals surface area contributed by atoms with E-state index in [4.69, 9.17) is 10.5 Å². The maximum absolute atomic E-state index is 13.1. The molecule has 6 nitrogen and oxygen atoms in total. The molecular weight excluding hydrogens is 418 g/mol. The topological polar surface area (TPSA) is 94.3 Å². The molecule has 1 amide bonds. The number of fused-ring (bicyclic) bond motifs is 2. The van der Waals surface area contributed by atoms with Crippen molar-refractivity contribution in [3.8, 4) is 0 Å². The maximum atomic E-state index is 13.1. The Morgan fingerprint density at radius 1 is 1.20 bits per heavy atom. The van der Waals surface area contributed by atoms with Gasteiger partial charge >= 0.3 is 5.97 Å². The molecule has 1 aliphatic rings. The van der Waals surface area contributed by atoms with E-state index in [1.807, 2.05) is 12.1 Å². The summed E-state index contributed by atoms with van der Waals surface area (Å²) in [5.41, 5.74) is 9.24. The monoisotopic (exact) mass is 443 g/mol. The molecule has 0 saturated carbocycles. The first-order chi connectivity index (χ1) is 14.5. The zero-order valence-electron chi connectivity index (χ0n) is 17.2. The van der Waals surface area contributed by atoms with Crippen LogP contribution in [-0.4, -0.2) is 23.5 Å². The first-order valence-electron chi connectivity index (χ1n) is 10.3. The Kier molecular flexibility index (Phi) is 6.06. The second-order valence-electron chi connectivity index (χ2n) is 7.34. The first-order valence-corrected chi connectivity index (χ1v) is 12.0. The number of hydrogen-bond donors (Lipinski definition) is 2. The molecule has 0 bridgehead atoms. The number of aryl methyl sites for hydroxylation is 2. The van der Waals surface area contributed by atoms with Gasteiger partial charge in [0.15, 0.2) is 0 Å². The molecule has 0 atom stereocenters. The minimum absolute atomic E-state index is 0.297. The second-order valence-corrected chi connectivity index (χ2v) is 9.44. The lowest BCUT2D eigenvalue weighted by Crippen LogP contribution is -2.15. The zero-order chi connectivity index (χ0) is 21.3. The minimum atomic E-state index is -0.373. The van der Waals surface area contributed by atoms with Crippen LogP contribution in [0.15, 0.2) is 12.1 Å². The summed E-state index contributed by atoms with van der Waals surface area (Å²) in [4.78, 5) is 32.7. The van der Waals surface area contributed by atoms with Gasteiger partial charge in [-0.05, 0) is 56.7 Å². The van der Waals surface area contributed by atoms with Gasteiger partial charge in [0.1, 0.15) is 14.7 Å². The van der Waals surface area contributed by atoms with Crippen molar-refractivity contribution in [2.45, 2.75) is 52.4 Å². The molecule has 3 aromatic rings. The Morgan fingerprint density at radius 3 is 2.77 bits per heavy atom. The molecule has 0 aromatic carbocycles. The number of nitrogens with zero attached hydrogens (tertiary/aromatic N) is 1. The van der Waals surface area contributed by atoms with Crippen LogP contribution in [0.4, 0.5) is 10.7 Å². The highest BCUT2D eigenvalue weighted by atomic mass is 32.1. The predicted molar refractivity (Wildman–Crippen MR) is 123 cm³/mol. The third-order valence-electron chi connectivity index (χ3n) is 5.24. The van der Waals surface area contributed by atoms with Crippen molar-refractivity contribution in [3.05, 3.63) is 38.7 Å². The second kappa shape index (κ2) is 8.73. The maximum Gasteiger partial charge on any atom is 0.341 e. The molecule has 0 fully saturated rings. The number of hydrogen-bond acceptors (Lipinski definition) is 7. The summed E-state index contributed by atoms with van der Waals surface area (Å²) in [5.74, 6) is -0.681. The van der Waals surface area contributed by atoms with Gasteiger partial charge < -0.3 is 15.8 Å². The SMILES string of the molecule is CCCc1ccc2c(N)c(C(=O)Nc3sc4c(c3C(=O)OCC)CCCC4)sc2n1. The van der Waals surface area contributed by atoms with Crippen molar-refractivity contribution >= 4 is 55.5 Å². The van der Waals surface area contributed by atoms with Crippen LogP contribution >= 0.6 is 22.7 Å². The number of anilines is 2. The lowest BCUT2D eigenvalue weighted by molar-refractivity contribution is 0.0526. The van der Waals surface area contributed by atoms with E-state index in [9.17, 15) is 9.59 Å². The molecule has 30 heavy (non-hydrogen) atoms. The van der Waals surface area contributed by atoms with Crippen LogP contribution in [0.2, 0.25) is 0 Å². The van der Waals surface area contributed by atoms with Crippen LogP contribution < -0.4 is 11.1 Å². The Bertz CT molecular complexity index is 1120. The molecule has 3 heterocycles. The number of carbonyl (C=O) groups excluding carboxylic acids is 2. The number of nitrogens with one attached hydrogen (secondary N) is 1. The van der Waals surface area contributed by atoms with Crippen LogP contribution in [-0.2, 0) is 24.0 Å². The van der Waals surface area contributed by atoms with E-state index in [1.54, 1.807) is 6.92 Å². The largest absolute Gasteiger partial charge is 0.462 e. The van der Waals surface area contributed by atoms with Gasteiger partial charge in [-0.15, -0.1) is 22.7 Å². The van der Waals surface area contributed by atoms with Crippen LogP contribution in [0.25, 0.3) is 10.2 Å². The Labute approximate surface area is 183 Å². The zero-order valence-corrected chi connectivity index (χ0v) is 18.8. The van der Waals surface area contributed by atoms with Crippen molar-refractivity contribution in [2.24, 2.45) is 0 Å². The number of amides is 1. The van der Waals surface area contributed by atoms with E-state index in [1.165, 1.54) is 22.7 Å². The van der Waals surface area contributed by atoms with Gasteiger partial charge in [0.25, 0.3) is 5.91 Å². The lowest BCUT2D eigenvalue weighted by atomic mass is 9.95. The molecule has 8 heteroatoms. The van der Waals surface area contributed by atoms with Gasteiger partial charge in [-0.3, -0.25) is 4.79 Å². The van der Waals surface area contributed by atoms with E-state index >= 15 is 0 Å². The summed E-state index contributed by atoms with van der Waals surface area (Å²) >= 11 is 2.77. The third-order valence-corrected chi connectivity index (χ3v) is 7.56. The molecule has 158 valence electrons. The molecule has 3 N–H and O–H groups in total. The van der Waals surface area contributed by atoms with Crippen molar-refractivity contribution in [1.82, 2.24) is 4.98 Å². The first kappa shape index (κ1) is 20.8. The predicted octanol–water partition coefficient (Wildman–Crippen LogP) is 5.20. The Morgan fingerprint density at radius 2 is 2.00 bits per heavy atom. The molecule has 3 aromatic heterocycles. The van der Waals surface area contributed by atoms with Crippen LogP contribution in [0.5, 0.6) is 0 Å². The summed E-state index contributed by atoms with van der Waals surface area (Å²) in [6.07, 6.45) is 5.80. The van der Waals surface area contributed by atoms with Crippen molar-refractivity contribution in [1.29, 1.82) is 0 Å². The number of rotatable bonds is 6. The summed E-state index contributed by atoms with van der Waals surface area (Å²) in [7, 11) is 0. The number of carbonyl (C=O) groups is 2. The average molecular weight is 444 g/mol. The molecule has 0 aliphatic heterocycles. The van der Waals surface area contributed by atoms with Gasteiger partial charge in [-0.1, -0.05) is 13.3 Å². The van der Waals surface area contributed by atoms with Crippen LogP contribution in [0, 0.1) is 0 Å². The van der Waals surface area contributed by atoms with Gasteiger partial charge in [-0.2, -0.15) is 0 Å². The summed E-state index contributed by atoms with van der Waals surface area (Å²) in [5, 5.41) is 4.30. The number of ether oxygens (including phenoxy) is 1. The molecule has 4 rings (SSSR count). The van der Waals surface area contributed by atoms with Gasteiger partial charge in [0.2, 0.25) is 0 Å². The van der Waals surface area contributed by atoms with Gasteiger partial charge in [0, 0.05) is 16.0 Å². The lowest BCUT2D eigenvalue weighted by Gasteiger charge is -2.12. The number of nitrogens with two attached hydrogens (primary N) is 1. The van der Waals surface area contributed by atoms with Crippen LogP contribution in [0.1, 0.15) is 69.3 Å². The molecule has 1 aliphatic carbocycles. The van der Waals surface area contributed by atoms with Gasteiger partial charge in [0.05, 0.1) is 17.9 Å². The van der Waals surface area contributed by atoms with E-state index in [0.717, 1.165) is 64.9 Å². The van der Waals surface area contributed by atoms with E-state index in [0.29, 0.717) is 27.7 Å².